The second kappa shape index (κ2) is 12.6. The quantitative estimate of drug-likeness (QED) is 0.113. The van der Waals surface area contributed by atoms with Crippen LogP contribution in [0.4, 0.5) is 17.1 Å². The lowest BCUT2D eigenvalue weighted by atomic mass is 10.0. The van der Waals surface area contributed by atoms with Crippen LogP contribution in [0.1, 0.15) is 38.7 Å². The van der Waals surface area contributed by atoms with Crippen molar-refractivity contribution >= 4 is 33.7 Å². The molecule has 0 aliphatic heterocycles. The first kappa shape index (κ1) is 28.4. The van der Waals surface area contributed by atoms with Crippen LogP contribution in [0.25, 0.3) is 10.8 Å². The Hall–Kier alpha value is -5.09. The summed E-state index contributed by atoms with van der Waals surface area (Å²) in [6, 6.07) is 29.0. The second-order valence-corrected chi connectivity index (χ2v) is 9.67. The number of aliphatic hydroxyl groups excluding tert-OH is 1. The SMILES string of the molecule is COc1ccc(C(ON)c2ccccc2)cc1N=Nc1c(O)c(C(=O)Nc2cc(C)ccc2CO)cc2ccccc12. The number of anilines is 1. The molecule has 5 aromatic carbocycles. The Morgan fingerprint density at radius 3 is 2.43 bits per heavy atom. The number of methoxy groups -OCH3 is 1. The fourth-order valence-electron chi connectivity index (χ4n) is 4.76. The molecule has 0 heterocycles. The molecule has 5 aromatic rings. The van der Waals surface area contributed by atoms with Crippen LogP contribution in [0.3, 0.4) is 0 Å². The Balaban J connectivity index is 1.56. The molecule has 1 unspecified atom stereocenters. The highest BCUT2D eigenvalue weighted by Crippen LogP contribution is 2.41. The summed E-state index contributed by atoms with van der Waals surface area (Å²) in [5.41, 5.74) is 3.99. The van der Waals surface area contributed by atoms with E-state index in [1.807, 2.05) is 67.6 Å². The number of ether oxygens (including phenoxy) is 1. The number of hydrogen-bond acceptors (Lipinski definition) is 8. The summed E-state index contributed by atoms with van der Waals surface area (Å²) in [6.45, 7) is 1.63. The predicted octanol–water partition coefficient (Wildman–Crippen LogP) is 7.00. The number of aromatic hydroxyl groups is 1. The molecular weight excluding hydrogens is 532 g/mol. The minimum Gasteiger partial charge on any atom is -0.505 e. The van der Waals surface area contributed by atoms with E-state index in [4.69, 9.17) is 15.5 Å². The minimum absolute atomic E-state index is 0.00874. The number of aliphatic hydroxyl groups is 1. The van der Waals surface area contributed by atoms with Crippen LogP contribution >= 0.6 is 0 Å². The maximum Gasteiger partial charge on any atom is 0.259 e. The fraction of sp³-hybridized carbons (Fsp3) is 0.121. The van der Waals surface area contributed by atoms with Crippen molar-refractivity contribution in [2.24, 2.45) is 16.1 Å². The van der Waals surface area contributed by atoms with E-state index in [1.54, 1.807) is 36.4 Å². The largest absolute Gasteiger partial charge is 0.505 e. The van der Waals surface area contributed by atoms with Crippen molar-refractivity contribution in [3.05, 3.63) is 125 Å². The Morgan fingerprint density at radius 2 is 1.69 bits per heavy atom. The van der Waals surface area contributed by atoms with Gasteiger partial charge in [-0.2, -0.15) is 0 Å². The maximum absolute atomic E-state index is 13.4. The number of hydrogen-bond donors (Lipinski definition) is 4. The number of nitrogens with zero attached hydrogens (tertiary/aromatic N) is 2. The van der Waals surface area contributed by atoms with Gasteiger partial charge >= 0.3 is 0 Å². The molecule has 0 radical (unpaired) electrons. The number of benzene rings is 5. The maximum atomic E-state index is 13.4. The number of phenolic OH excluding ortho intramolecular Hbond substituents is 1. The molecule has 0 fully saturated rings. The molecule has 0 aliphatic carbocycles. The van der Waals surface area contributed by atoms with E-state index >= 15 is 0 Å². The standard InChI is InChI=1S/C33H30N4O5/c1-20-12-13-24(19-38)27(16-20)35-33(40)26-17-22-10-6-7-11-25(22)30(31(26)39)37-36-28-18-23(14-15-29(28)41-2)32(42-34)21-8-4-3-5-9-21/h3-18,32,38-39H,19,34H2,1-2H3,(H,35,40). The van der Waals surface area contributed by atoms with Crippen molar-refractivity contribution in [2.45, 2.75) is 19.6 Å². The molecular formula is C33H30N4O5. The first-order valence-corrected chi connectivity index (χ1v) is 13.2. The van der Waals surface area contributed by atoms with Gasteiger partial charge in [0.1, 0.15) is 23.2 Å². The van der Waals surface area contributed by atoms with Crippen LogP contribution in [-0.2, 0) is 11.4 Å². The molecule has 0 aliphatic rings. The third-order valence-electron chi connectivity index (χ3n) is 6.93. The van der Waals surface area contributed by atoms with E-state index in [1.165, 1.54) is 7.11 Å². The summed E-state index contributed by atoms with van der Waals surface area (Å²) in [7, 11) is 1.52. The van der Waals surface area contributed by atoms with Gasteiger partial charge in [0, 0.05) is 16.6 Å². The third-order valence-corrected chi connectivity index (χ3v) is 6.93. The van der Waals surface area contributed by atoms with Gasteiger partial charge in [-0.3, -0.25) is 9.63 Å². The van der Waals surface area contributed by atoms with E-state index < -0.39 is 12.0 Å². The Bertz CT molecular complexity index is 1770. The molecule has 42 heavy (non-hydrogen) atoms. The van der Waals surface area contributed by atoms with Gasteiger partial charge in [0.15, 0.2) is 5.75 Å². The number of nitrogens with two attached hydrogens (primary N) is 1. The van der Waals surface area contributed by atoms with E-state index in [9.17, 15) is 15.0 Å². The molecule has 1 amide bonds. The Morgan fingerprint density at radius 1 is 0.929 bits per heavy atom. The number of carbonyl (C=O) groups excluding carboxylic acids is 1. The van der Waals surface area contributed by atoms with Crippen LogP contribution in [0, 0.1) is 6.92 Å². The number of aryl methyl sites for hydroxylation is 1. The lowest BCUT2D eigenvalue weighted by molar-refractivity contribution is 0.0813. The fourth-order valence-corrected chi connectivity index (χ4v) is 4.76. The van der Waals surface area contributed by atoms with Gasteiger partial charge in [-0.15, -0.1) is 10.2 Å². The molecule has 0 saturated heterocycles. The minimum atomic E-state index is -0.558. The topological polar surface area (TPSA) is 139 Å². The molecule has 0 saturated carbocycles. The summed E-state index contributed by atoms with van der Waals surface area (Å²) in [6.07, 6.45) is -0.558. The zero-order valence-corrected chi connectivity index (χ0v) is 23.1. The van der Waals surface area contributed by atoms with Gasteiger partial charge in [0.25, 0.3) is 5.91 Å². The first-order chi connectivity index (χ1) is 20.4. The summed E-state index contributed by atoms with van der Waals surface area (Å²) < 4.78 is 5.51. The van der Waals surface area contributed by atoms with Gasteiger partial charge in [0.2, 0.25) is 0 Å². The number of phenols is 1. The Kier molecular flexibility index (Phi) is 8.54. The number of rotatable bonds is 9. The van der Waals surface area contributed by atoms with Gasteiger partial charge in [-0.25, -0.2) is 5.90 Å². The highest BCUT2D eigenvalue weighted by atomic mass is 16.6. The zero-order valence-electron chi connectivity index (χ0n) is 23.1. The van der Waals surface area contributed by atoms with Crippen molar-refractivity contribution in [3.63, 3.8) is 0 Å². The van der Waals surface area contributed by atoms with Crippen molar-refractivity contribution in [3.8, 4) is 11.5 Å². The summed E-state index contributed by atoms with van der Waals surface area (Å²) in [5.74, 6) is 5.21. The zero-order chi connectivity index (χ0) is 29.6. The first-order valence-electron chi connectivity index (χ1n) is 13.2. The van der Waals surface area contributed by atoms with Crippen LogP contribution in [-0.4, -0.2) is 23.2 Å². The third kappa shape index (κ3) is 5.84. The summed E-state index contributed by atoms with van der Waals surface area (Å²) in [4.78, 5) is 18.7. The molecule has 5 rings (SSSR count). The van der Waals surface area contributed by atoms with Gasteiger partial charge in [0.05, 0.1) is 19.3 Å². The number of carbonyl (C=O) groups is 1. The van der Waals surface area contributed by atoms with Crippen molar-refractivity contribution in [1.82, 2.24) is 0 Å². The van der Waals surface area contributed by atoms with Crippen LogP contribution < -0.4 is 16.0 Å². The molecule has 9 heteroatoms. The van der Waals surface area contributed by atoms with E-state index in [0.717, 1.165) is 16.7 Å². The molecule has 0 bridgehead atoms. The molecule has 9 nitrogen and oxygen atoms in total. The van der Waals surface area contributed by atoms with E-state index in [0.29, 0.717) is 33.5 Å². The lowest BCUT2D eigenvalue weighted by Crippen LogP contribution is -2.14. The molecule has 5 N–H and O–H groups in total. The highest BCUT2D eigenvalue weighted by Gasteiger charge is 2.20. The lowest BCUT2D eigenvalue weighted by Gasteiger charge is -2.16. The normalized spacial score (nSPS) is 12.0. The number of azo groups is 1. The molecule has 0 spiro atoms. The Labute approximate surface area is 242 Å². The number of fused-ring (bicyclic) bond motifs is 1. The molecule has 212 valence electrons. The average Bonchev–Trinajstić information content (AvgIpc) is 3.01. The van der Waals surface area contributed by atoms with E-state index in [2.05, 4.69) is 15.5 Å². The van der Waals surface area contributed by atoms with Crippen LogP contribution in [0.15, 0.2) is 107 Å². The summed E-state index contributed by atoms with van der Waals surface area (Å²) >= 11 is 0. The number of nitrogens with one attached hydrogen (secondary N) is 1. The van der Waals surface area contributed by atoms with Gasteiger partial charge in [-0.1, -0.05) is 72.8 Å². The second-order valence-electron chi connectivity index (χ2n) is 9.67. The van der Waals surface area contributed by atoms with Crippen molar-refractivity contribution in [1.29, 1.82) is 0 Å². The molecule has 1 atom stereocenters. The van der Waals surface area contributed by atoms with Gasteiger partial charge < -0.3 is 20.3 Å². The highest BCUT2D eigenvalue weighted by molar-refractivity contribution is 6.12. The van der Waals surface area contributed by atoms with E-state index in [-0.39, 0.29) is 23.6 Å². The average molecular weight is 563 g/mol. The predicted molar refractivity (Wildman–Crippen MR) is 161 cm³/mol. The van der Waals surface area contributed by atoms with Gasteiger partial charge in [-0.05, 0) is 53.3 Å². The molecule has 0 aromatic heterocycles. The van der Waals surface area contributed by atoms with Crippen LogP contribution in [0.5, 0.6) is 11.5 Å². The van der Waals surface area contributed by atoms with Crippen molar-refractivity contribution < 1.29 is 24.6 Å². The summed E-state index contributed by atoms with van der Waals surface area (Å²) in [5, 5.41) is 34.0. The number of amides is 1. The van der Waals surface area contributed by atoms with Crippen molar-refractivity contribution in [2.75, 3.05) is 12.4 Å². The smallest absolute Gasteiger partial charge is 0.259 e. The van der Waals surface area contributed by atoms with Crippen LogP contribution in [0.2, 0.25) is 0 Å². The monoisotopic (exact) mass is 562 g/mol.